The Hall–Kier alpha value is -1.49. The summed E-state index contributed by atoms with van der Waals surface area (Å²) in [6, 6.07) is 17.7. The van der Waals surface area contributed by atoms with Crippen molar-refractivity contribution in [3.8, 4) is 29.9 Å². The average molecular weight is 1530 g/mol. The highest BCUT2D eigenvalue weighted by Crippen LogP contribution is 2.49. The van der Waals surface area contributed by atoms with Gasteiger partial charge in [-0.2, -0.15) is 17.5 Å². The molecule has 0 bridgehead atoms. The van der Waals surface area contributed by atoms with Gasteiger partial charge in [-0.25, -0.2) is 0 Å². The van der Waals surface area contributed by atoms with Crippen LogP contribution < -0.4 is 10.9 Å². The van der Waals surface area contributed by atoms with E-state index in [9.17, 15) is 0 Å². The summed E-state index contributed by atoms with van der Waals surface area (Å²) in [4.78, 5) is 11.3. The van der Waals surface area contributed by atoms with E-state index in [4.69, 9.17) is 18.6 Å². The average Bonchev–Trinajstić information content (AvgIpc) is 1.59. The van der Waals surface area contributed by atoms with E-state index in [1.807, 2.05) is 125 Å². The lowest BCUT2D eigenvalue weighted by molar-refractivity contribution is 0.00578. The number of unbranched alkanes of at least 4 members (excludes halogenated alkanes) is 22. The largest absolute Gasteiger partial charge is 0.497 e. The van der Waals surface area contributed by atoms with E-state index in [-0.39, 0.29) is 0 Å². The molecule has 0 saturated carbocycles. The molecule has 0 unspecified atom stereocenters. The molecule has 2 aliphatic rings. The van der Waals surface area contributed by atoms with Crippen LogP contribution >= 0.6 is 124 Å². The molecule has 0 N–H and O–H groups in total. The smallest absolute Gasteiger partial charge is 0.399 e. The highest BCUT2D eigenvalue weighted by Gasteiger charge is 2.54. The van der Waals surface area contributed by atoms with E-state index in [0.29, 0.717) is 0 Å². The number of nitrogens with zero attached hydrogens (tertiary/aromatic N) is 4. The third-order valence-electron chi connectivity index (χ3n) is 18.6. The van der Waals surface area contributed by atoms with E-state index < -0.39 is 36.6 Å². The standard InChI is InChI=1S/C31H42N2S4.C23H34Br2S3.C18H26B2N2O4S/c1-5-6-7-8-9-10-11-12-13-14-15-16-19-34-27-21-26(36-31(27)30-23(3)20-24(4)35-30)25-18-17-22(2)28-29(25)33-37-32-28;1-3-4-5-6-7-8-9-10-11-12-13-14-15-26-19-17-21(25)28-23(19)22-18(2)16-20(24)27-22;1-15(2)16(3,4)24-19(23-15)11-9-10-12(14-13(11)21-27-22-14)20-25-17(5,6)18(7,8)26-20/h17-18,20-21H,5-16,19H2,1-4H3;16-17H,3-15H2,1-2H3;9-10H,1-8H3. The summed E-state index contributed by atoms with van der Waals surface area (Å²) in [6.07, 6.45) is 33.9. The maximum atomic E-state index is 6.21. The van der Waals surface area contributed by atoms with Crippen LogP contribution in [0.4, 0.5) is 0 Å². The highest BCUT2D eigenvalue weighted by atomic mass is 79.9. The van der Waals surface area contributed by atoms with Crippen molar-refractivity contribution in [3.63, 3.8) is 0 Å². The van der Waals surface area contributed by atoms with Crippen molar-refractivity contribution in [2.75, 3.05) is 11.5 Å². The molecule has 6 aromatic heterocycles. The van der Waals surface area contributed by atoms with Crippen LogP contribution in [0.3, 0.4) is 0 Å². The van der Waals surface area contributed by atoms with Crippen molar-refractivity contribution >= 4 is 171 Å². The van der Waals surface area contributed by atoms with Crippen LogP contribution in [0, 0.1) is 27.7 Å². The lowest BCUT2D eigenvalue weighted by atomic mass is 9.72. The minimum Gasteiger partial charge on any atom is -0.399 e. The predicted octanol–water partition coefficient (Wildman–Crippen LogP) is 25.3. The normalized spacial score (nSPS) is 15.7. The molecule has 0 amide bonds. The molecule has 20 heteroatoms. The van der Waals surface area contributed by atoms with Crippen molar-refractivity contribution in [1.82, 2.24) is 17.5 Å². The number of benzene rings is 2. The first-order chi connectivity index (χ1) is 44.0. The third kappa shape index (κ3) is 20.8. The van der Waals surface area contributed by atoms with Gasteiger partial charge in [-0.3, -0.25) is 0 Å². The van der Waals surface area contributed by atoms with Crippen LogP contribution in [0.5, 0.6) is 0 Å². The van der Waals surface area contributed by atoms with Crippen LogP contribution in [0.2, 0.25) is 0 Å². The second-order valence-corrected chi connectivity index (χ2v) is 37.7. The van der Waals surface area contributed by atoms with Gasteiger partial charge in [0.25, 0.3) is 0 Å². The van der Waals surface area contributed by atoms with E-state index in [1.165, 1.54) is 258 Å². The van der Waals surface area contributed by atoms with Crippen LogP contribution in [-0.2, 0) is 18.6 Å². The van der Waals surface area contributed by atoms with E-state index >= 15 is 0 Å². The van der Waals surface area contributed by atoms with Gasteiger partial charge in [-0.05, 0) is 180 Å². The Bertz CT molecular complexity index is 3450. The predicted molar refractivity (Wildman–Crippen MR) is 418 cm³/mol. The number of aryl methyl sites for hydroxylation is 4. The van der Waals surface area contributed by atoms with Crippen molar-refractivity contribution in [2.24, 2.45) is 0 Å². The second-order valence-electron chi connectivity index (χ2n) is 27.2. The van der Waals surface area contributed by atoms with Crippen molar-refractivity contribution < 1.29 is 18.6 Å². The van der Waals surface area contributed by atoms with Gasteiger partial charge in [0.2, 0.25) is 0 Å². The molecular weight excluding hydrogens is 1420 g/mol. The van der Waals surface area contributed by atoms with Gasteiger partial charge < -0.3 is 18.6 Å². The first kappa shape index (κ1) is 76.3. The lowest BCUT2D eigenvalue weighted by Crippen LogP contribution is -2.41. The minimum absolute atomic E-state index is 0.405. The van der Waals surface area contributed by atoms with Crippen LogP contribution in [0.15, 0.2) is 65.9 Å². The summed E-state index contributed by atoms with van der Waals surface area (Å²) < 4.78 is 45.6. The molecule has 0 radical (unpaired) electrons. The molecule has 8 heterocycles. The van der Waals surface area contributed by atoms with E-state index in [2.05, 4.69) is 139 Å². The van der Waals surface area contributed by atoms with Crippen LogP contribution in [0.1, 0.15) is 245 Å². The van der Waals surface area contributed by atoms with Gasteiger partial charge >= 0.3 is 14.2 Å². The van der Waals surface area contributed by atoms with Gasteiger partial charge in [0, 0.05) is 45.8 Å². The van der Waals surface area contributed by atoms with Gasteiger partial charge in [0.15, 0.2) is 0 Å². The minimum atomic E-state index is -0.478. The molecule has 8 nitrogen and oxygen atoms in total. The van der Waals surface area contributed by atoms with Crippen LogP contribution in [0.25, 0.3) is 52.0 Å². The van der Waals surface area contributed by atoms with Crippen molar-refractivity contribution in [3.05, 3.63) is 77.7 Å². The zero-order chi connectivity index (χ0) is 66.1. The van der Waals surface area contributed by atoms with E-state index in [0.717, 1.165) is 33.0 Å². The fraction of sp³-hybridized carbons (Fsp3) is 0.611. The summed E-state index contributed by atoms with van der Waals surface area (Å²) in [7, 11) is -0.956. The summed E-state index contributed by atoms with van der Waals surface area (Å²) in [5.41, 5.74) is 9.02. The van der Waals surface area contributed by atoms with Gasteiger partial charge in [-0.1, -0.05) is 179 Å². The Morgan fingerprint density at radius 1 is 0.391 bits per heavy atom. The number of thiophene rings is 4. The molecule has 2 fully saturated rings. The highest BCUT2D eigenvalue weighted by molar-refractivity contribution is 9.11. The number of aromatic nitrogens is 4. The monoisotopic (exact) mass is 1520 g/mol. The molecule has 0 spiro atoms. The fourth-order valence-electron chi connectivity index (χ4n) is 11.6. The number of thioether (sulfide) groups is 2. The molecule has 2 saturated heterocycles. The van der Waals surface area contributed by atoms with Gasteiger partial charge in [-0.15, -0.1) is 68.9 Å². The van der Waals surface area contributed by atoms with Gasteiger partial charge in [0.05, 0.1) is 63.2 Å². The fourth-order valence-corrected chi connectivity index (χ4v) is 21.6. The number of hydrogen-bond donors (Lipinski definition) is 0. The lowest BCUT2D eigenvalue weighted by Gasteiger charge is -2.32. The Morgan fingerprint density at radius 2 is 0.761 bits per heavy atom. The molecular formula is C72H102B2Br2N4O4S8. The zero-order valence-corrected chi connectivity index (χ0v) is 67.3. The Morgan fingerprint density at radius 3 is 1.18 bits per heavy atom. The third-order valence-corrected chi connectivity index (χ3v) is 28.2. The number of halogens is 2. The summed E-state index contributed by atoms with van der Waals surface area (Å²) in [5.74, 6) is 2.44. The summed E-state index contributed by atoms with van der Waals surface area (Å²) in [6.45, 7) is 29.8. The molecule has 0 aliphatic carbocycles. The molecule has 92 heavy (non-hydrogen) atoms. The van der Waals surface area contributed by atoms with Crippen molar-refractivity contribution in [2.45, 2.75) is 283 Å². The maximum absolute atomic E-state index is 6.21. The quantitative estimate of drug-likeness (QED) is 0.0225. The first-order valence-electron chi connectivity index (χ1n) is 34.3. The second kappa shape index (κ2) is 36.6. The Kier molecular flexibility index (Phi) is 30.3. The molecule has 2 aliphatic heterocycles. The Labute approximate surface area is 604 Å². The molecule has 10 rings (SSSR count). The summed E-state index contributed by atoms with van der Waals surface area (Å²) >= 11 is 21.5. The molecule has 8 aromatic rings. The zero-order valence-electron chi connectivity index (χ0n) is 57.6. The van der Waals surface area contributed by atoms with E-state index in [1.54, 1.807) is 0 Å². The first-order valence-corrected chi connectivity index (χ1v) is 42.5. The summed E-state index contributed by atoms with van der Waals surface area (Å²) in [5, 5.41) is 0. The SMILES string of the molecule is CC1(C)OB(c2ccc(B3OC(C)(C)C(C)(C)O3)c3nsnc23)OC1(C)C.CCCCCCCCCCCCCCSc1cc(-c2ccc(C)c3nsnc23)sc1-c1sc(C)cc1C.CCCCCCCCCCCCCCSc1cc(Br)sc1-c1sc(Br)cc1C. The van der Waals surface area contributed by atoms with Crippen LogP contribution in [-0.4, -0.2) is 65.6 Å². The maximum Gasteiger partial charge on any atom is 0.497 e. The Balaban J connectivity index is 0.000000181. The molecule has 502 valence electrons. The van der Waals surface area contributed by atoms with Crippen molar-refractivity contribution in [1.29, 1.82) is 0 Å². The molecule has 0 atom stereocenters. The van der Waals surface area contributed by atoms with Gasteiger partial charge in [0.1, 0.15) is 22.1 Å². The number of fused-ring (bicyclic) bond motifs is 2. The number of hydrogen-bond acceptors (Lipinski definition) is 16. The number of rotatable bonds is 33. The molecule has 2 aromatic carbocycles. The topological polar surface area (TPSA) is 88.5 Å².